The Kier molecular flexibility index (Phi) is 12.7. The third-order valence-electron chi connectivity index (χ3n) is 5.77. The lowest BCUT2D eigenvalue weighted by molar-refractivity contribution is -0.146. The zero-order chi connectivity index (χ0) is 19.2. The maximum absolute atomic E-state index is 11.3. The fourth-order valence-corrected chi connectivity index (χ4v) is 4.00. The molecule has 0 aromatic heterocycles. The smallest absolute Gasteiger partial charge is 0.309 e. The van der Waals surface area contributed by atoms with E-state index in [4.69, 9.17) is 5.11 Å². The van der Waals surface area contributed by atoms with E-state index < -0.39 is 18.0 Å². The summed E-state index contributed by atoms with van der Waals surface area (Å²) >= 11 is 0. The average molecular weight is 369 g/mol. The Balaban J connectivity index is 2.16. The Labute approximate surface area is 159 Å². The van der Waals surface area contributed by atoms with E-state index in [-0.39, 0.29) is 6.61 Å². The summed E-state index contributed by atoms with van der Waals surface area (Å²) in [6.07, 6.45) is 17.5. The number of carbonyl (C=O) groups is 1. The van der Waals surface area contributed by atoms with Crippen LogP contribution in [0.5, 0.6) is 0 Å². The second-order valence-electron chi connectivity index (χ2n) is 7.99. The summed E-state index contributed by atoms with van der Waals surface area (Å²) in [7, 11) is 0. The van der Waals surface area contributed by atoms with Crippen LogP contribution in [0.2, 0.25) is 0 Å². The van der Waals surface area contributed by atoms with E-state index in [1.54, 1.807) is 0 Å². The predicted molar refractivity (Wildman–Crippen MR) is 106 cm³/mol. The molecule has 0 aromatic rings. The summed E-state index contributed by atoms with van der Waals surface area (Å²) in [5.74, 6) is -0.128. The molecule has 0 radical (unpaired) electrons. The quantitative estimate of drug-likeness (QED) is 0.283. The Morgan fingerprint density at radius 1 is 0.962 bits per heavy atom. The van der Waals surface area contributed by atoms with Gasteiger partial charge in [-0.05, 0) is 56.8 Å². The van der Waals surface area contributed by atoms with Gasteiger partial charge in [-0.3, -0.25) is 4.79 Å². The van der Waals surface area contributed by atoms with Crippen molar-refractivity contribution >= 4 is 5.97 Å². The molecule has 0 fully saturated rings. The first kappa shape index (κ1) is 23.2. The minimum Gasteiger partial charge on any atom is -0.481 e. The van der Waals surface area contributed by atoms with Crippen LogP contribution in [0.4, 0.5) is 0 Å². The van der Waals surface area contributed by atoms with Crippen molar-refractivity contribution in [3.63, 3.8) is 0 Å². The Hall–Kier alpha value is -0.870. The fourth-order valence-electron chi connectivity index (χ4n) is 4.00. The molecule has 4 atom stereocenters. The number of aliphatic hydroxyl groups is 2. The van der Waals surface area contributed by atoms with Gasteiger partial charge in [-0.1, -0.05) is 57.6 Å². The number of hydrogen-bond acceptors (Lipinski definition) is 3. The number of carboxylic acids is 1. The van der Waals surface area contributed by atoms with Gasteiger partial charge in [0.1, 0.15) is 0 Å². The summed E-state index contributed by atoms with van der Waals surface area (Å²) in [5, 5.41) is 28.1. The largest absolute Gasteiger partial charge is 0.481 e. The molecule has 4 nitrogen and oxygen atoms in total. The number of hydrogen-bond donors (Lipinski definition) is 3. The highest BCUT2D eigenvalue weighted by Crippen LogP contribution is 2.29. The van der Waals surface area contributed by atoms with Gasteiger partial charge in [-0.2, -0.15) is 0 Å². The summed E-state index contributed by atoms with van der Waals surface area (Å²) in [6, 6.07) is 0. The lowest BCUT2D eigenvalue weighted by Gasteiger charge is -2.23. The van der Waals surface area contributed by atoms with Crippen molar-refractivity contribution in [3.8, 4) is 0 Å². The predicted octanol–water partition coefficient (Wildman–Crippen LogP) is 4.93. The van der Waals surface area contributed by atoms with Gasteiger partial charge in [0, 0.05) is 6.61 Å². The van der Waals surface area contributed by atoms with Gasteiger partial charge in [-0.15, -0.1) is 0 Å². The molecule has 4 heteroatoms. The Morgan fingerprint density at radius 2 is 1.58 bits per heavy atom. The van der Waals surface area contributed by atoms with E-state index in [0.717, 1.165) is 25.2 Å². The number of allylic oxidation sites excluding steroid dienone is 2. The molecule has 26 heavy (non-hydrogen) atoms. The van der Waals surface area contributed by atoms with Gasteiger partial charge in [0.2, 0.25) is 0 Å². The van der Waals surface area contributed by atoms with Crippen LogP contribution in [0.15, 0.2) is 12.2 Å². The first-order valence-electron chi connectivity index (χ1n) is 10.8. The van der Waals surface area contributed by atoms with E-state index in [9.17, 15) is 15.0 Å². The third-order valence-corrected chi connectivity index (χ3v) is 5.77. The van der Waals surface area contributed by atoms with Crippen LogP contribution in [-0.4, -0.2) is 34.0 Å². The van der Waals surface area contributed by atoms with Gasteiger partial charge >= 0.3 is 5.97 Å². The van der Waals surface area contributed by atoms with Crippen molar-refractivity contribution in [2.24, 2.45) is 17.8 Å². The minimum absolute atomic E-state index is 0.00222. The van der Waals surface area contributed by atoms with Gasteiger partial charge in [0.15, 0.2) is 0 Å². The summed E-state index contributed by atoms with van der Waals surface area (Å²) in [6.45, 7) is 2.25. The molecule has 0 spiro atoms. The average Bonchev–Trinajstić information content (AvgIpc) is 2.63. The van der Waals surface area contributed by atoms with Crippen LogP contribution in [-0.2, 0) is 4.79 Å². The number of aliphatic hydroxyl groups excluding tert-OH is 2. The Morgan fingerprint density at radius 3 is 2.08 bits per heavy atom. The molecule has 1 aliphatic rings. The molecule has 0 aromatic carbocycles. The van der Waals surface area contributed by atoms with Crippen LogP contribution in [0.3, 0.4) is 0 Å². The third kappa shape index (κ3) is 9.72. The standard InChI is InChI=1S/C22H40O4/c1-2-3-5-9-18-13-15-19(16-14-18)10-6-4-7-11-20(22(25)26)21(24)12-8-17-23/h13,15,18-21,23-24H,2-12,14,16-17H2,1H3,(H,25,26). The van der Waals surface area contributed by atoms with Gasteiger partial charge in [0.25, 0.3) is 0 Å². The van der Waals surface area contributed by atoms with Crippen LogP contribution >= 0.6 is 0 Å². The maximum atomic E-state index is 11.3. The topological polar surface area (TPSA) is 77.8 Å². The van der Waals surface area contributed by atoms with E-state index >= 15 is 0 Å². The maximum Gasteiger partial charge on any atom is 0.309 e. The Bertz CT molecular complexity index is 394. The van der Waals surface area contributed by atoms with Crippen molar-refractivity contribution in [3.05, 3.63) is 12.2 Å². The molecular formula is C22H40O4. The lowest BCUT2D eigenvalue weighted by Crippen LogP contribution is -2.28. The number of rotatable bonds is 15. The highest BCUT2D eigenvalue weighted by atomic mass is 16.4. The molecule has 0 saturated carbocycles. The molecule has 0 bridgehead atoms. The van der Waals surface area contributed by atoms with Crippen LogP contribution in [0, 0.1) is 17.8 Å². The molecule has 0 saturated heterocycles. The number of aliphatic carboxylic acids is 1. The summed E-state index contributed by atoms with van der Waals surface area (Å²) < 4.78 is 0. The van der Waals surface area contributed by atoms with Crippen molar-refractivity contribution in [2.75, 3.05) is 6.61 Å². The van der Waals surface area contributed by atoms with Gasteiger partial charge < -0.3 is 15.3 Å². The molecule has 3 N–H and O–H groups in total. The number of unbranched alkanes of at least 4 members (excludes halogenated alkanes) is 4. The SMILES string of the molecule is CCCCCC1C=CC(CCCCCC(C(=O)O)C(O)CCCO)CC1. The highest BCUT2D eigenvalue weighted by molar-refractivity contribution is 5.70. The van der Waals surface area contributed by atoms with Crippen molar-refractivity contribution in [2.45, 2.75) is 96.5 Å². The molecule has 0 aliphatic heterocycles. The molecule has 0 amide bonds. The normalized spacial score (nSPS) is 22.3. The van der Waals surface area contributed by atoms with Crippen LogP contribution in [0.1, 0.15) is 90.4 Å². The lowest BCUT2D eigenvalue weighted by atomic mass is 9.83. The molecular weight excluding hydrogens is 328 g/mol. The van der Waals surface area contributed by atoms with E-state index in [2.05, 4.69) is 19.1 Å². The second kappa shape index (κ2) is 14.2. The molecule has 4 unspecified atom stereocenters. The number of carboxylic acid groups (broad SMARTS) is 1. The van der Waals surface area contributed by atoms with Gasteiger partial charge in [0.05, 0.1) is 12.0 Å². The van der Waals surface area contributed by atoms with Crippen molar-refractivity contribution < 1.29 is 20.1 Å². The molecule has 1 rings (SSSR count). The zero-order valence-electron chi connectivity index (χ0n) is 16.6. The molecule has 152 valence electrons. The van der Waals surface area contributed by atoms with Crippen LogP contribution in [0.25, 0.3) is 0 Å². The fraction of sp³-hybridized carbons (Fsp3) is 0.864. The van der Waals surface area contributed by atoms with Crippen LogP contribution < -0.4 is 0 Å². The summed E-state index contributed by atoms with van der Waals surface area (Å²) in [4.78, 5) is 11.3. The molecule has 0 heterocycles. The minimum atomic E-state index is -0.917. The zero-order valence-corrected chi connectivity index (χ0v) is 16.6. The van der Waals surface area contributed by atoms with E-state index in [0.29, 0.717) is 25.2 Å². The van der Waals surface area contributed by atoms with Gasteiger partial charge in [-0.25, -0.2) is 0 Å². The first-order valence-corrected chi connectivity index (χ1v) is 10.8. The van der Waals surface area contributed by atoms with Crippen molar-refractivity contribution in [1.29, 1.82) is 0 Å². The summed E-state index contributed by atoms with van der Waals surface area (Å²) in [5.41, 5.74) is 0. The van der Waals surface area contributed by atoms with Crippen molar-refractivity contribution in [1.82, 2.24) is 0 Å². The first-order chi connectivity index (χ1) is 12.6. The highest BCUT2D eigenvalue weighted by Gasteiger charge is 2.25. The monoisotopic (exact) mass is 368 g/mol. The second-order valence-corrected chi connectivity index (χ2v) is 7.99. The van der Waals surface area contributed by atoms with E-state index in [1.165, 1.54) is 44.9 Å². The molecule has 1 aliphatic carbocycles. The van der Waals surface area contributed by atoms with E-state index in [1.807, 2.05) is 0 Å².